The molecule has 2 atom stereocenters. The van der Waals surface area contributed by atoms with Crippen LogP contribution < -0.4 is 5.73 Å². The topological polar surface area (TPSA) is 106 Å². The molecule has 0 saturated carbocycles. The highest BCUT2D eigenvalue weighted by molar-refractivity contribution is 7.52. The van der Waals surface area contributed by atoms with Crippen molar-refractivity contribution < 1.29 is 18.7 Å². The van der Waals surface area contributed by atoms with E-state index in [9.17, 15) is 9.46 Å². The normalized spacial score (nSPS) is 17.0. The second-order valence-corrected chi connectivity index (χ2v) is 4.61. The van der Waals surface area contributed by atoms with Gasteiger partial charge >= 0.3 is 7.60 Å². The van der Waals surface area contributed by atoms with Crippen molar-refractivity contribution in [3.05, 3.63) is 0 Å². The zero-order chi connectivity index (χ0) is 11.0. The molecule has 14 heavy (non-hydrogen) atoms. The predicted octanol–water partition coefficient (Wildman–Crippen LogP) is 0.423. The lowest BCUT2D eigenvalue weighted by atomic mass is 10.3. The Morgan fingerprint density at radius 2 is 2.36 bits per heavy atom. The number of hydrogen-bond acceptors (Lipinski definition) is 5. The molecule has 3 N–H and O–H groups in total. The van der Waals surface area contributed by atoms with Crippen molar-refractivity contribution in [2.75, 3.05) is 19.6 Å². The summed E-state index contributed by atoms with van der Waals surface area (Å²) in [4.78, 5) is 9.17. The van der Waals surface area contributed by atoms with Crippen LogP contribution in [0.3, 0.4) is 0 Å². The van der Waals surface area contributed by atoms with E-state index in [2.05, 4.69) is 4.52 Å². The van der Waals surface area contributed by atoms with Crippen molar-refractivity contribution in [3.8, 4) is 6.07 Å². The Morgan fingerprint density at radius 3 is 2.86 bits per heavy atom. The second kappa shape index (κ2) is 6.93. The van der Waals surface area contributed by atoms with Gasteiger partial charge in [0.2, 0.25) is 0 Å². The predicted molar refractivity (Wildman–Crippen MR) is 50.5 cm³/mol. The molecule has 6 nitrogen and oxygen atoms in total. The van der Waals surface area contributed by atoms with Gasteiger partial charge in [-0.3, -0.25) is 9.09 Å². The van der Waals surface area contributed by atoms with Gasteiger partial charge in [-0.1, -0.05) is 0 Å². The molecule has 0 amide bonds. The summed E-state index contributed by atoms with van der Waals surface area (Å²) in [7, 11) is -3.65. The summed E-state index contributed by atoms with van der Waals surface area (Å²) < 4.78 is 20.5. The molecule has 0 aromatic rings. The molecule has 0 bridgehead atoms. The quantitative estimate of drug-likeness (QED) is 0.367. The van der Waals surface area contributed by atoms with Gasteiger partial charge in [-0.15, -0.1) is 0 Å². The zero-order valence-corrected chi connectivity index (χ0v) is 8.94. The van der Waals surface area contributed by atoms with Crippen molar-refractivity contribution in [2.45, 2.75) is 19.4 Å². The molecular weight excluding hydrogens is 207 g/mol. The Balaban J connectivity index is 3.73. The van der Waals surface area contributed by atoms with E-state index in [1.54, 1.807) is 13.0 Å². The van der Waals surface area contributed by atoms with Gasteiger partial charge in [0.1, 0.15) is 0 Å². The minimum absolute atomic E-state index is 0.130. The van der Waals surface area contributed by atoms with Crippen LogP contribution in [0.4, 0.5) is 0 Å². The molecule has 0 aromatic carbocycles. The highest BCUT2D eigenvalue weighted by atomic mass is 31.2. The Hall–Kier alpha value is -0.440. The maximum atomic E-state index is 11.2. The summed E-state index contributed by atoms with van der Waals surface area (Å²) in [5, 5.41) is 8.33. The minimum Gasteiger partial charge on any atom is -0.355 e. The average molecular weight is 222 g/mol. The number of ether oxygens (including phenoxy) is 1. The summed E-state index contributed by atoms with van der Waals surface area (Å²) in [5.74, 6) is 0. The van der Waals surface area contributed by atoms with Gasteiger partial charge in [0.25, 0.3) is 0 Å². The number of nitriles is 1. The molecule has 0 spiro atoms. The van der Waals surface area contributed by atoms with Gasteiger partial charge in [0, 0.05) is 6.61 Å². The molecule has 7 heteroatoms. The standard InChI is InChI=1S/C7H15N2O4P/c1-2-12-6-13-14(10,11)4-3-7(9)5-8/h7H,2-4,6,9H2,1H3,(H,10,11). The molecule has 82 valence electrons. The monoisotopic (exact) mass is 222 g/mol. The second-order valence-electron chi connectivity index (χ2n) is 2.63. The van der Waals surface area contributed by atoms with E-state index in [1.165, 1.54) is 0 Å². The lowest BCUT2D eigenvalue weighted by Gasteiger charge is -2.12. The van der Waals surface area contributed by atoms with Crippen molar-refractivity contribution in [1.82, 2.24) is 0 Å². The fourth-order valence-corrected chi connectivity index (χ4v) is 1.61. The van der Waals surface area contributed by atoms with E-state index in [-0.39, 0.29) is 19.4 Å². The van der Waals surface area contributed by atoms with E-state index in [4.69, 9.17) is 15.7 Å². The number of nitrogens with two attached hydrogens (primary N) is 1. The lowest BCUT2D eigenvalue weighted by molar-refractivity contribution is 0.0160. The molecule has 0 fully saturated rings. The van der Waals surface area contributed by atoms with Gasteiger partial charge in [-0.25, -0.2) is 0 Å². The van der Waals surface area contributed by atoms with Crippen LogP contribution in [0.25, 0.3) is 0 Å². The van der Waals surface area contributed by atoms with Crippen LogP contribution in [0, 0.1) is 11.3 Å². The smallest absolute Gasteiger partial charge is 0.330 e. The van der Waals surface area contributed by atoms with Crippen LogP contribution in [-0.2, 0) is 13.8 Å². The zero-order valence-electron chi connectivity index (χ0n) is 8.05. The molecule has 2 unspecified atom stereocenters. The van der Waals surface area contributed by atoms with Crippen molar-refractivity contribution in [1.29, 1.82) is 5.26 Å². The van der Waals surface area contributed by atoms with Crippen LogP contribution in [-0.4, -0.2) is 30.5 Å². The van der Waals surface area contributed by atoms with Crippen LogP contribution in [0.15, 0.2) is 0 Å². The van der Waals surface area contributed by atoms with Crippen LogP contribution in [0.2, 0.25) is 0 Å². The Kier molecular flexibility index (Phi) is 6.71. The highest BCUT2D eigenvalue weighted by Crippen LogP contribution is 2.42. The van der Waals surface area contributed by atoms with Crippen LogP contribution in [0.5, 0.6) is 0 Å². The summed E-state index contributed by atoms with van der Waals surface area (Å²) in [6.45, 7) is 1.95. The van der Waals surface area contributed by atoms with Gasteiger partial charge in [0.05, 0.1) is 18.3 Å². The molecule has 0 saturated heterocycles. The Morgan fingerprint density at radius 1 is 1.71 bits per heavy atom. The number of hydrogen-bond donors (Lipinski definition) is 2. The summed E-state index contributed by atoms with van der Waals surface area (Å²) in [6, 6.07) is 1.03. The Labute approximate surface area is 83.1 Å². The minimum atomic E-state index is -3.65. The summed E-state index contributed by atoms with van der Waals surface area (Å²) in [6.07, 6.45) is 0.00516. The third-order valence-electron chi connectivity index (χ3n) is 1.43. The third kappa shape index (κ3) is 7.01. The largest absolute Gasteiger partial charge is 0.355 e. The molecular formula is C7H15N2O4P. The van der Waals surface area contributed by atoms with E-state index in [0.717, 1.165) is 0 Å². The van der Waals surface area contributed by atoms with Gasteiger partial charge in [0.15, 0.2) is 6.79 Å². The molecule has 0 rings (SSSR count). The van der Waals surface area contributed by atoms with Crippen molar-refractivity contribution in [2.24, 2.45) is 5.73 Å². The van der Waals surface area contributed by atoms with Crippen molar-refractivity contribution in [3.63, 3.8) is 0 Å². The summed E-state index contributed by atoms with van der Waals surface area (Å²) in [5.41, 5.74) is 5.25. The van der Waals surface area contributed by atoms with Crippen LogP contribution in [0.1, 0.15) is 13.3 Å². The van der Waals surface area contributed by atoms with Gasteiger partial charge < -0.3 is 15.4 Å². The summed E-state index contributed by atoms with van der Waals surface area (Å²) >= 11 is 0. The Bertz CT molecular complexity index is 240. The molecule has 0 aromatic heterocycles. The number of rotatable bonds is 7. The first-order chi connectivity index (χ1) is 6.52. The molecule has 0 aliphatic carbocycles. The first-order valence-electron chi connectivity index (χ1n) is 4.21. The fraction of sp³-hybridized carbons (Fsp3) is 0.857. The van der Waals surface area contributed by atoms with E-state index < -0.39 is 13.6 Å². The fourth-order valence-electron chi connectivity index (χ4n) is 0.634. The lowest BCUT2D eigenvalue weighted by Crippen LogP contribution is -2.19. The number of nitrogens with zero attached hydrogens (tertiary/aromatic N) is 1. The van der Waals surface area contributed by atoms with E-state index >= 15 is 0 Å². The first kappa shape index (κ1) is 13.6. The maximum absolute atomic E-state index is 11.2. The average Bonchev–Trinajstić information content (AvgIpc) is 2.14. The van der Waals surface area contributed by atoms with E-state index in [0.29, 0.717) is 6.61 Å². The molecule has 0 heterocycles. The van der Waals surface area contributed by atoms with Crippen LogP contribution >= 0.6 is 7.60 Å². The van der Waals surface area contributed by atoms with Crippen molar-refractivity contribution >= 4 is 7.60 Å². The third-order valence-corrected chi connectivity index (χ3v) is 2.76. The van der Waals surface area contributed by atoms with E-state index in [1.807, 2.05) is 0 Å². The molecule has 0 aliphatic rings. The SMILES string of the molecule is CCOCOP(=O)(O)CCC(N)C#N. The molecule has 0 radical (unpaired) electrons. The van der Waals surface area contributed by atoms with Gasteiger partial charge in [-0.05, 0) is 13.3 Å². The maximum Gasteiger partial charge on any atom is 0.330 e. The molecule has 0 aliphatic heterocycles. The first-order valence-corrected chi connectivity index (χ1v) is 5.97. The van der Waals surface area contributed by atoms with Gasteiger partial charge in [-0.2, -0.15) is 5.26 Å². The highest BCUT2D eigenvalue weighted by Gasteiger charge is 2.20.